The Labute approximate surface area is 153 Å². The van der Waals surface area contributed by atoms with Gasteiger partial charge in [-0.25, -0.2) is 0 Å². The SMILES string of the molecule is c1ccc(C[C@H](CC[NH2+]Cc2ccc3c(c2)OCO3)c2ccco2)cc1. The molecule has 0 amide bonds. The Morgan fingerprint density at radius 1 is 0.885 bits per heavy atom. The first-order valence-corrected chi connectivity index (χ1v) is 9.16. The molecule has 2 N–H and O–H groups in total. The summed E-state index contributed by atoms with van der Waals surface area (Å²) < 4.78 is 16.5. The highest BCUT2D eigenvalue weighted by molar-refractivity contribution is 5.44. The zero-order valence-electron chi connectivity index (χ0n) is 14.8. The molecular formula is C22H24NO3+. The number of hydrogen-bond donors (Lipinski definition) is 1. The standard InChI is InChI=1S/C22H23NO3/c1-2-5-17(6-3-1)13-19(20-7-4-12-24-20)10-11-23-15-18-8-9-21-22(14-18)26-16-25-21/h1-9,12,14,19,23H,10-11,13,15-16H2/p+1/t19-/m0/s1. The van der Waals surface area contributed by atoms with Gasteiger partial charge in [-0.15, -0.1) is 0 Å². The van der Waals surface area contributed by atoms with Crippen molar-refractivity contribution in [3.05, 3.63) is 83.8 Å². The van der Waals surface area contributed by atoms with Gasteiger partial charge < -0.3 is 19.2 Å². The highest BCUT2D eigenvalue weighted by atomic mass is 16.7. The molecule has 0 saturated carbocycles. The third-order valence-corrected chi connectivity index (χ3v) is 4.81. The van der Waals surface area contributed by atoms with E-state index < -0.39 is 0 Å². The van der Waals surface area contributed by atoms with Crippen LogP contribution in [-0.4, -0.2) is 13.3 Å². The number of hydrogen-bond acceptors (Lipinski definition) is 3. The summed E-state index contributed by atoms with van der Waals surface area (Å²) in [4.78, 5) is 0. The van der Waals surface area contributed by atoms with Crippen molar-refractivity contribution in [3.8, 4) is 11.5 Å². The van der Waals surface area contributed by atoms with Gasteiger partial charge in [0.1, 0.15) is 12.3 Å². The highest BCUT2D eigenvalue weighted by Crippen LogP contribution is 2.32. The zero-order valence-corrected chi connectivity index (χ0v) is 14.8. The third kappa shape index (κ3) is 4.09. The monoisotopic (exact) mass is 350 g/mol. The summed E-state index contributed by atoms with van der Waals surface area (Å²) in [6.07, 6.45) is 3.85. The van der Waals surface area contributed by atoms with Crippen LogP contribution in [0.15, 0.2) is 71.3 Å². The van der Waals surface area contributed by atoms with Crippen LogP contribution in [0.25, 0.3) is 0 Å². The van der Waals surface area contributed by atoms with Gasteiger partial charge in [-0.2, -0.15) is 0 Å². The van der Waals surface area contributed by atoms with Crippen LogP contribution in [0.2, 0.25) is 0 Å². The minimum absolute atomic E-state index is 0.326. The van der Waals surface area contributed by atoms with Crippen LogP contribution < -0.4 is 14.8 Å². The van der Waals surface area contributed by atoms with E-state index in [1.807, 2.05) is 12.1 Å². The fourth-order valence-corrected chi connectivity index (χ4v) is 3.42. The fourth-order valence-electron chi connectivity index (χ4n) is 3.42. The predicted molar refractivity (Wildman–Crippen MR) is 99.3 cm³/mol. The number of benzene rings is 2. The first-order valence-electron chi connectivity index (χ1n) is 9.16. The average Bonchev–Trinajstić information content (AvgIpc) is 3.36. The maximum absolute atomic E-state index is 5.69. The van der Waals surface area contributed by atoms with Crippen LogP contribution in [0, 0.1) is 0 Å². The lowest BCUT2D eigenvalue weighted by Crippen LogP contribution is -2.82. The molecule has 26 heavy (non-hydrogen) atoms. The van der Waals surface area contributed by atoms with Crippen molar-refractivity contribution < 1.29 is 19.2 Å². The number of furan rings is 1. The van der Waals surface area contributed by atoms with Crippen LogP contribution in [0.1, 0.15) is 29.2 Å². The van der Waals surface area contributed by atoms with Gasteiger partial charge in [0, 0.05) is 17.9 Å². The number of ether oxygens (including phenoxy) is 2. The minimum atomic E-state index is 0.326. The number of quaternary nitrogens is 1. The molecule has 0 fully saturated rings. The van der Waals surface area contributed by atoms with E-state index >= 15 is 0 Å². The molecule has 4 heteroatoms. The number of rotatable bonds is 8. The first kappa shape index (κ1) is 16.7. The highest BCUT2D eigenvalue weighted by Gasteiger charge is 2.17. The lowest BCUT2D eigenvalue weighted by atomic mass is 9.94. The Bertz CT molecular complexity index is 815. The quantitative estimate of drug-likeness (QED) is 0.633. The summed E-state index contributed by atoms with van der Waals surface area (Å²) in [5.41, 5.74) is 2.61. The van der Waals surface area contributed by atoms with Gasteiger partial charge in [0.25, 0.3) is 0 Å². The summed E-state index contributed by atoms with van der Waals surface area (Å²) in [5, 5.41) is 2.35. The van der Waals surface area contributed by atoms with E-state index in [0.717, 1.165) is 43.2 Å². The van der Waals surface area contributed by atoms with Crippen molar-refractivity contribution >= 4 is 0 Å². The second-order valence-electron chi connectivity index (χ2n) is 6.66. The number of nitrogens with two attached hydrogens (primary N) is 1. The molecule has 2 heterocycles. The topological polar surface area (TPSA) is 48.2 Å². The van der Waals surface area contributed by atoms with Gasteiger partial charge in [-0.1, -0.05) is 30.3 Å². The Morgan fingerprint density at radius 3 is 2.62 bits per heavy atom. The van der Waals surface area contributed by atoms with Crippen molar-refractivity contribution in [2.45, 2.75) is 25.3 Å². The van der Waals surface area contributed by atoms with Crippen LogP contribution in [0.3, 0.4) is 0 Å². The van der Waals surface area contributed by atoms with Gasteiger partial charge >= 0.3 is 0 Å². The molecule has 0 aliphatic carbocycles. The molecule has 3 aromatic rings. The average molecular weight is 350 g/mol. The molecule has 4 nitrogen and oxygen atoms in total. The second-order valence-corrected chi connectivity index (χ2v) is 6.66. The molecule has 2 aromatic carbocycles. The maximum Gasteiger partial charge on any atom is 0.231 e. The fraction of sp³-hybridized carbons (Fsp3) is 0.273. The van der Waals surface area contributed by atoms with Gasteiger partial charge in [0.15, 0.2) is 11.5 Å². The smallest absolute Gasteiger partial charge is 0.231 e. The van der Waals surface area contributed by atoms with Crippen LogP contribution in [0.4, 0.5) is 0 Å². The Morgan fingerprint density at radius 2 is 1.77 bits per heavy atom. The largest absolute Gasteiger partial charge is 0.469 e. The van der Waals surface area contributed by atoms with Crippen molar-refractivity contribution in [1.29, 1.82) is 0 Å². The molecule has 134 valence electrons. The van der Waals surface area contributed by atoms with E-state index in [-0.39, 0.29) is 0 Å². The zero-order chi connectivity index (χ0) is 17.6. The molecular weight excluding hydrogens is 326 g/mol. The summed E-state index contributed by atoms with van der Waals surface area (Å²) in [6, 6.07) is 20.9. The van der Waals surface area contributed by atoms with Crippen molar-refractivity contribution in [2.75, 3.05) is 13.3 Å². The molecule has 1 aromatic heterocycles. The number of fused-ring (bicyclic) bond motifs is 1. The van der Waals surface area contributed by atoms with E-state index in [1.54, 1.807) is 6.26 Å². The Balaban J connectivity index is 1.32. The molecule has 0 spiro atoms. The predicted octanol–water partition coefficient (Wildman–Crippen LogP) is 3.49. The molecule has 0 bridgehead atoms. The van der Waals surface area contributed by atoms with Crippen molar-refractivity contribution in [2.24, 2.45) is 0 Å². The maximum atomic E-state index is 5.69. The molecule has 1 aliphatic heterocycles. The van der Waals surface area contributed by atoms with Crippen LogP contribution in [0.5, 0.6) is 11.5 Å². The lowest BCUT2D eigenvalue weighted by molar-refractivity contribution is -0.671. The van der Waals surface area contributed by atoms with Gasteiger partial charge in [0.2, 0.25) is 6.79 Å². The van der Waals surface area contributed by atoms with Gasteiger partial charge in [0.05, 0.1) is 12.8 Å². The molecule has 4 rings (SSSR count). The first-order chi connectivity index (χ1) is 12.9. The van der Waals surface area contributed by atoms with Crippen LogP contribution in [-0.2, 0) is 13.0 Å². The van der Waals surface area contributed by atoms with Gasteiger partial charge in [-0.3, -0.25) is 0 Å². The van der Waals surface area contributed by atoms with E-state index in [0.29, 0.717) is 12.7 Å². The Kier molecular flexibility index (Phi) is 5.22. The normalized spacial score (nSPS) is 13.7. The summed E-state index contributed by atoms with van der Waals surface area (Å²) in [5.74, 6) is 3.17. The third-order valence-electron chi connectivity index (χ3n) is 4.81. The van der Waals surface area contributed by atoms with Crippen molar-refractivity contribution in [1.82, 2.24) is 0 Å². The van der Waals surface area contributed by atoms with Crippen molar-refractivity contribution in [3.63, 3.8) is 0 Å². The second kappa shape index (κ2) is 8.11. The summed E-state index contributed by atoms with van der Waals surface area (Å²) in [7, 11) is 0. The molecule has 0 radical (unpaired) electrons. The molecule has 1 aliphatic rings. The molecule has 1 atom stereocenters. The minimum Gasteiger partial charge on any atom is -0.469 e. The lowest BCUT2D eigenvalue weighted by Gasteiger charge is -2.14. The summed E-state index contributed by atoms with van der Waals surface area (Å²) >= 11 is 0. The van der Waals surface area contributed by atoms with Crippen LogP contribution >= 0.6 is 0 Å². The van der Waals surface area contributed by atoms with Gasteiger partial charge in [-0.05, 0) is 42.3 Å². The van der Waals surface area contributed by atoms with E-state index in [1.165, 1.54) is 11.1 Å². The molecule has 0 unspecified atom stereocenters. The van der Waals surface area contributed by atoms with E-state index in [9.17, 15) is 0 Å². The van der Waals surface area contributed by atoms with E-state index in [4.69, 9.17) is 13.9 Å². The Hall–Kier alpha value is -2.72. The summed E-state index contributed by atoms with van der Waals surface area (Å²) in [6.45, 7) is 2.31. The van der Waals surface area contributed by atoms with E-state index in [2.05, 4.69) is 53.8 Å². The molecule has 0 saturated heterocycles.